The standard InChI is InChI=1S/C19H16F3NO3/c1-18(10-16(24)25)14-4-2-3-5-15(14)23(17(18)26)11-12-6-8-13(9-7-12)19(20,21)22/h2-9H,10-11H2,1H3,(H,24,25). The molecule has 1 aliphatic heterocycles. The summed E-state index contributed by atoms with van der Waals surface area (Å²) in [5.41, 5.74) is -0.236. The van der Waals surface area contributed by atoms with Crippen molar-refractivity contribution in [3.8, 4) is 0 Å². The molecule has 1 aliphatic rings. The number of alkyl halides is 3. The average molecular weight is 363 g/mol. The van der Waals surface area contributed by atoms with Crippen LogP contribution in [-0.4, -0.2) is 17.0 Å². The molecule has 2 aromatic rings. The number of carboxylic acid groups (broad SMARTS) is 1. The van der Waals surface area contributed by atoms with E-state index in [1.165, 1.54) is 17.0 Å². The first kappa shape index (κ1) is 18.0. The predicted octanol–water partition coefficient (Wildman–Crippen LogP) is 3.98. The number of fused-ring (bicyclic) bond motifs is 1. The minimum Gasteiger partial charge on any atom is -0.481 e. The molecule has 3 rings (SSSR count). The molecule has 0 aliphatic carbocycles. The molecule has 1 N–H and O–H groups in total. The highest BCUT2D eigenvalue weighted by molar-refractivity contribution is 6.09. The summed E-state index contributed by atoms with van der Waals surface area (Å²) in [6.45, 7) is 1.65. The Kier molecular flexibility index (Phi) is 4.26. The summed E-state index contributed by atoms with van der Waals surface area (Å²) in [4.78, 5) is 25.6. The van der Waals surface area contributed by atoms with E-state index in [1.54, 1.807) is 31.2 Å². The smallest absolute Gasteiger partial charge is 0.416 e. The fraction of sp³-hybridized carbons (Fsp3) is 0.263. The maximum atomic E-state index is 12.9. The van der Waals surface area contributed by atoms with Crippen molar-refractivity contribution in [3.63, 3.8) is 0 Å². The lowest BCUT2D eigenvalue weighted by Crippen LogP contribution is -2.39. The fourth-order valence-electron chi connectivity index (χ4n) is 3.31. The van der Waals surface area contributed by atoms with E-state index in [2.05, 4.69) is 0 Å². The number of benzene rings is 2. The molecule has 26 heavy (non-hydrogen) atoms. The number of rotatable bonds is 4. The number of anilines is 1. The van der Waals surface area contributed by atoms with Crippen LogP contribution in [0.5, 0.6) is 0 Å². The van der Waals surface area contributed by atoms with Gasteiger partial charge in [-0.1, -0.05) is 30.3 Å². The number of aliphatic carboxylic acids is 1. The first-order chi connectivity index (χ1) is 12.1. The first-order valence-electron chi connectivity index (χ1n) is 7.92. The molecule has 0 aromatic heterocycles. The molecule has 4 nitrogen and oxygen atoms in total. The Morgan fingerprint density at radius 3 is 2.31 bits per heavy atom. The highest BCUT2D eigenvalue weighted by Crippen LogP contribution is 2.44. The van der Waals surface area contributed by atoms with Gasteiger partial charge in [-0.3, -0.25) is 9.59 Å². The van der Waals surface area contributed by atoms with Crippen molar-refractivity contribution in [3.05, 3.63) is 65.2 Å². The highest BCUT2D eigenvalue weighted by Gasteiger charge is 2.48. The van der Waals surface area contributed by atoms with E-state index >= 15 is 0 Å². The molecule has 0 fully saturated rings. The number of para-hydroxylation sites is 1. The zero-order valence-electron chi connectivity index (χ0n) is 13.9. The summed E-state index contributed by atoms with van der Waals surface area (Å²) >= 11 is 0. The maximum Gasteiger partial charge on any atom is 0.416 e. The van der Waals surface area contributed by atoms with Crippen molar-refractivity contribution >= 4 is 17.6 Å². The molecule has 1 amide bonds. The SMILES string of the molecule is CC1(CC(=O)O)C(=O)N(Cc2ccc(C(F)(F)F)cc2)c2ccccc21. The Bertz CT molecular complexity index is 861. The third-order valence-corrected chi connectivity index (χ3v) is 4.63. The molecule has 136 valence electrons. The molecule has 1 heterocycles. The first-order valence-corrected chi connectivity index (χ1v) is 7.92. The Labute approximate surface area is 147 Å². The molecule has 0 radical (unpaired) electrons. The van der Waals surface area contributed by atoms with Gasteiger partial charge in [0.05, 0.1) is 23.9 Å². The lowest BCUT2D eigenvalue weighted by atomic mass is 9.81. The van der Waals surface area contributed by atoms with Crippen molar-refractivity contribution in [2.75, 3.05) is 4.90 Å². The van der Waals surface area contributed by atoms with Gasteiger partial charge in [0.15, 0.2) is 0 Å². The summed E-state index contributed by atoms with van der Waals surface area (Å²) in [6.07, 6.45) is -4.78. The van der Waals surface area contributed by atoms with Gasteiger partial charge >= 0.3 is 12.1 Å². The van der Waals surface area contributed by atoms with Gasteiger partial charge in [-0.25, -0.2) is 0 Å². The summed E-state index contributed by atoms with van der Waals surface area (Å²) in [5.74, 6) is -1.46. The Balaban J connectivity index is 1.93. The van der Waals surface area contributed by atoms with E-state index < -0.39 is 23.1 Å². The average Bonchev–Trinajstić information content (AvgIpc) is 2.76. The van der Waals surface area contributed by atoms with Crippen molar-refractivity contribution in [1.29, 1.82) is 0 Å². The van der Waals surface area contributed by atoms with Gasteiger partial charge in [0, 0.05) is 5.69 Å². The van der Waals surface area contributed by atoms with Gasteiger partial charge in [-0.05, 0) is 36.2 Å². The van der Waals surface area contributed by atoms with Gasteiger partial charge in [-0.2, -0.15) is 13.2 Å². The molecule has 1 atom stereocenters. The molecule has 0 saturated carbocycles. The maximum absolute atomic E-state index is 12.9. The number of carbonyl (C=O) groups is 2. The van der Waals surface area contributed by atoms with E-state index in [9.17, 15) is 27.9 Å². The number of hydrogen-bond donors (Lipinski definition) is 1. The second-order valence-corrected chi connectivity index (χ2v) is 6.51. The van der Waals surface area contributed by atoms with Crippen LogP contribution in [0.2, 0.25) is 0 Å². The van der Waals surface area contributed by atoms with E-state index in [0.29, 0.717) is 16.8 Å². The number of carbonyl (C=O) groups excluding carboxylic acids is 1. The van der Waals surface area contributed by atoms with Crippen LogP contribution in [0.25, 0.3) is 0 Å². The van der Waals surface area contributed by atoms with Crippen LogP contribution >= 0.6 is 0 Å². The largest absolute Gasteiger partial charge is 0.481 e. The van der Waals surface area contributed by atoms with Crippen LogP contribution in [-0.2, 0) is 27.7 Å². The van der Waals surface area contributed by atoms with Crippen molar-refractivity contribution in [2.45, 2.75) is 31.5 Å². The van der Waals surface area contributed by atoms with Gasteiger partial charge in [-0.15, -0.1) is 0 Å². The minimum atomic E-state index is -4.42. The molecule has 0 spiro atoms. The van der Waals surface area contributed by atoms with Crippen LogP contribution in [0.4, 0.5) is 18.9 Å². The molecular formula is C19H16F3NO3. The molecule has 0 bridgehead atoms. The van der Waals surface area contributed by atoms with Crippen LogP contribution < -0.4 is 4.90 Å². The van der Waals surface area contributed by atoms with Crippen LogP contribution in [0.1, 0.15) is 30.0 Å². The van der Waals surface area contributed by atoms with Crippen molar-refractivity contribution in [2.24, 2.45) is 0 Å². The second-order valence-electron chi connectivity index (χ2n) is 6.51. The van der Waals surface area contributed by atoms with Gasteiger partial charge in [0.2, 0.25) is 5.91 Å². The zero-order valence-corrected chi connectivity index (χ0v) is 13.9. The Morgan fingerprint density at radius 2 is 1.73 bits per heavy atom. The topological polar surface area (TPSA) is 57.6 Å². The minimum absolute atomic E-state index is 0.0726. The summed E-state index contributed by atoms with van der Waals surface area (Å²) in [7, 11) is 0. The van der Waals surface area contributed by atoms with Crippen molar-refractivity contribution < 1.29 is 27.9 Å². The molecule has 7 heteroatoms. The second kappa shape index (κ2) is 6.16. The quantitative estimate of drug-likeness (QED) is 0.894. The van der Waals surface area contributed by atoms with Crippen LogP contribution in [0.15, 0.2) is 48.5 Å². The Hall–Kier alpha value is -2.83. The third kappa shape index (κ3) is 3.05. The van der Waals surface area contributed by atoms with Crippen molar-refractivity contribution in [1.82, 2.24) is 0 Å². The van der Waals surface area contributed by atoms with Gasteiger partial charge < -0.3 is 10.0 Å². The number of hydrogen-bond acceptors (Lipinski definition) is 2. The third-order valence-electron chi connectivity index (χ3n) is 4.63. The van der Waals surface area contributed by atoms with E-state index in [4.69, 9.17) is 0 Å². The predicted molar refractivity (Wildman–Crippen MR) is 88.7 cm³/mol. The zero-order chi connectivity index (χ0) is 19.1. The number of halogens is 3. The summed E-state index contributed by atoms with van der Waals surface area (Å²) < 4.78 is 38.1. The lowest BCUT2D eigenvalue weighted by Gasteiger charge is -2.23. The van der Waals surface area contributed by atoms with E-state index in [1.807, 2.05) is 0 Å². The molecule has 0 saturated heterocycles. The fourth-order valence-corrected chi connectivity index (χ4v) is 3.31. The lowest BCUT2D eigenvalue weighted by molar-refractivity contribution is -0.141. The van der Waals surface area contributed by atoms with Gasteiger partial charge in [0.1, 0.15) is 0 Å². The highest BCUT2D eigenvalue weighted by atomic mass is 19.4. The van der Waals surface area contributed by atoms with Gasteiger partial charge in [0.25, 0.3) is 0 Å². The number of amides is 1. The van der Waals surface area contributed by atoms with Crippen LogP contribution in [0, 0.1) is 0 Å². The van der Waals surface area contributed by atoms with E-state index in [0.717, 1.165) is 12.1 Å². The normalized spacial score (nSPS) is 19.5. The summed E-state index contributed by atoms with van der Waals surface area (Å²) in [5, 5.41) is 9.19. The molecule has 1 unspecified atom stereocenters. The molecule has 2 aromatic carbocycles. The monoisotopic (exact) mass is 363 g/mol. The summed E-state index contributed by atoms with van der Waals surface area (Å²) in [6, 6.07) is 11.5. The molecular weight excluding hydrogens is 347 g/mol. The number of carboxylic acids is 1. The number of nitrogens with zero attached hydrogens (tertiary/aromatic N) is 1. The van der Waals surface area contributed by atoms with E-state index in [-0.39, 0.29) is 18.9 Å². The Morgan fingerprint density at radius 1 is 1.12 bits per heavy atom. The van der Waals surface area contributed by atoms with Crippen LogP contribution in [0.3, 0.4) is 0 Å².